The molecule has 1 aliphatic heterocycles. The van der Waals surface area contributed by atoms with Gasteiger partial charge in [-0.15, -0.1) is 0 Å². The number of sulfone groups is 1. The second kappa shape index (κ2) is 5.58. The molecule has 21 heavy (non-hydrogen) atoms. The third-order valence-corrected chi connectivity index (χ3v) is 5.83. The quantitative estimate of drug-likeness (QED) is 0.839. The second-order valence-electron chi connectivity index (χ2n) is 5.22. The molecular formula is C11H13Cl2N3O4S. The standard InChI is InChI=1S/C11H13Cl2N3O4S/c1-11(2-3-21(19,20)6-11)15-8(17)5-16-10(18)9(13)7(12)4-14-16/h4H,2-3,5-6H2,1H3,(H,15,17). The van der Waals surface area contributed by atoms with Crippen molar-refractivity contribution in [2.75, 3.05) is 11.5 Å². The molecule has 1 saturated heterocycles. The van der Waals surface area contributed by atoms with Gasteiger partial charge in [0.1, 0.15) is 11.6 Å². The van der Waals surface area contributed by atoms with Gasteiger partial charge in [-0.25, -0.2) is 13.1 Å². The van der Waals surface area contributed by atoms with Crippen molar-refractivity contribution in [1.82, 2.24) is 15.1 Å². The van der Waals surface area contributed by atoms with Crippen molar-refractivity contribution >= 4 is 38.9 Å². The maximum atomic E-state index is 12.0. The molecule has 1 aliphatic rings. The number of hydrogen-bond acceptors (Lipinski definition) is 5. The van der Waals surface area contributed by atoms with E-state index >= 15 is 0 Å². The summed E-state index contributed by atoms with van der Waals surface area (Å²) in [7, 11) is -3.13. The molecule has 0 aromatic carbocycles. The zero-order valence-corrected chi connectivity index (χ0v) is 13.4. The highest BCUT2D eigenvalue weighted by Crippen LogP contribution is 2.22. The van der Waals surface area contributed by atoms with Gasteiger partial charge in [0.2, 0.25) is 5.91 Å². The average Bonchev–Trinajstić information content (AvgIpc) is 2.64. The minimum atomic E-state index is -3.13. The molecular weight excluding hydrogens is 341 g/mol. The number of hydrogen-bond donors (Lipinski definition) is 1. The summed E-state index contributed by atoms with van der Waals surface area (Å²) in [5.41, 5.74) is -1.50. The van der Waals surface area contributed by atoms with Gasteiger partial charge in [-0.1, -0.05) is 23.2 Å². The first-order valence-electron chi connectivity index (χ1n) is 6.04. The fourth-order valence-electron chi connectivity index (χ4n) is 2.18. The maximum absolute atomic E-state index is 12.0. The first-order valence-corrected chi connectivity index (χ1v) is 8.62. The third-order valence-electron chi connectivity index (χ3n) is 3.18. The molecule has 0 radical (unpaired) electrons. The van der Waals surface area contributed by atoms with E-state index in [-0.39, 0.29) is 28.1 Å². The van der Waals surface area contributed by atoms with Gasteiger partial charge >= 0.3 is 0 Å². The van der Waals surface area contributed by atoms with Gasteiger partial charge in [-0.2, -0.15) is 5.10 Å². The van der Waals surface area contributed by atoms with Gasteiger partial charge in [0, 0.05) is 0 Å². The van der Waals surface area contributed by atoms with Crippen LogP contribution in [0.2, 0.25) is 10.0 Å². The highest BCUT2D eigenvalue weighted by Gasteiger charge is 2.39. The number of nitrogens with zero attached hydrogens (tertiary/aromatic N) is 2. The van der Waals surface area contributed by atoms with Crippen LogP contribution in [0.15, 0.2) is 11.0 Å². The number of carbonyl (C=O) groups excluding carboxylic acids is 1. The van der Waals surface area contributed by atoms with Crippen LogP contribution in [-0.2, 0) is 21.2 Å². The Morgan fingerprint density at radius 2 is 2.19 bits per heavy atom. The Kier molecular flexibility index (Phi) is 4.32. The first-order chi connectivity index (χ1) is 9.62. The molecule has 1 N–H and O–H groups in total. The molecule has 2 rings (SSSR count). The largest absolute Gasteiger partial charge is 0.348 e. The van der Waals surface area contributed by atoms with E-state index in [1.807, 2.05) is 0 Å². The Labute approximate surface area is 131 Å². The zero-order valence-electron chi connectivity index (χ0n) is 11.1. The number of amides is 1. The molecule has 1 unspecified atom stereocenters. The molecule has 1 fully saturated rings. The van der Waals surface area contributed by atoms with Crippen LogP contribution in [0.25, 0.3) is 0 Å². The lowest BCUT2D eigenvalue weighted by Crippen LogP contribution is -2.49. The fraction of sp³-hybridized carbons (Fsp3) is 0.545. The van der Waals surface area contributed by atoms with Crippen molar-refractivity contribution in [3.63, 3.8) is 0 Å². The van der Waals surface area contributed by atoms with Crippen molar-refractivity contribution in [2.45, 2.75) is 25.4 Å². The first kappa shape index (κ1) is 16.3. The second-order valence-corrected chi connectivity index (χ2v) is 8.19. The molecule has 0 saturated carbocycles. The molecule has 1 amide bonds. The molecule has 1 aromatic rings. The zero-order chi connectivity index (χ0) is 15.8. The highest BCUT2D eigenvalue weighted by atomic mass is 35.5. The van der Waals surface area contributed by atoms with Crippen LogP contribution < -0.4 is 10.9 Å². The summed E-state index contributed by atoms with van der Waals surface area (Å²) in [5, 5.41) is 6.13. The SMILES string of the molecule is CC1(NC(=O)Cn2ncc(Cl)c(Cl)c2=O)CCS(=O)(=O)C1. The topological polar surface area (TPSA) is 98.1 Å². The number of carbonyl (C=O) groups is 1. The molecule has 1 aromatic heterocycles. The summed E-state index contributed by atoms with van der Waals surface area (Å²) in [4.78, 5) is 23.7. The lowest BCUT2D eigenvalue weighted by molar-refractivity contribution is -0.123. The summed E-state index contributed by atoms with van der Waals surface area (Å²) in [5.74, 6) is -0.591. The molecule has 0 aliphatic carbocycles. The van der Waals surface area contributed by atoms with Gasteiger partial charge in [0.05, 0.1) is 28.3 Å². The Morgan fingerprint density at radius 1 is 1.52 bits per heavy atom. The van der Waals surface area contributed by atoms with E-state index in [0.29, 0.717) is 6.42 Å². The van der Waals surface area contributed by atoms with Crippen LogP contribution in [-0.4, -0.2) is 41.2 Å². The van der Waals surface area contributed by atoms with E-state index in [1.54, 1.807) is 6.92 Å². The van der Waals surface area contributed by atoms with Crippen molar-refractivity contribution in [3.05, 3.63) is 26.6 Å². The van der Waals surface area contributed by atoms with E-state index in [0.717, 1.165) is 4.68 Å². The maximum Gasteiger partial charge on any atom is 0.287 e. The van der Waals surface area contributed by atoms with Crippen LogP contribution in [0.1, 0.15) is 13.3 Å². The fourth-order valence-corrected chi connectivity index (χ4v) is 4.54. The lowest BCUT2D eigenvalue weighted by atomic mass is 10.0. The summed E-state index contributed by atoms with van der Waals surface area (Å²) in [6.07, 6.45) is 1.51. The van der Waals surface area contributed by atoms with Crippen molar-refractivity contribution in [2.24, 2.45) is 0 Å². The average molecular weight is 354 g/mol. The minimum absolute atomic E-state index is 0.00664. The molecule has 0 bridgehead atoms. The van der Waals surface area contributed by atoms with Gasteiger partial charge in [-0.05, 0) is 13.3 Å². The third kappa shape index (κ3) is 3.75. The molecule has 7 nitrogen and oxygen atoms in total. The van der Waals surface area contributed by atoms with Crippen LogP contribution in [0.5, 0.6) is 0 Å². The van der Waals surface area contributed by atoms with Crippen LogP contribution >= 0.6 is 23.2 Å². The summed E-state index contributed by atoms with van der Waals surface area (Å²) < 4.78 is 23.8. The summed E-state index contributed by atoms with van der Waals surface area (Å²) in [6, 6.07) is 0. The predicted molar refractivity (Wildman–Crippen MR) is 78.3 cm³/mol. The molecule has 2 heterocycles. The van der Waals surface area contributed by atoms with Crippen LogP contribution in [0.3, 0.4) is 0 Å². The number of rotatable bonds is 3. The van der Waals surface area contributed by atoms with E-state index in [1.165, 1.54) is 6.20 Å². The molecule has 1 atom stereocenters. The molecule has 116 valence electrons. The van der Waals surface area contributed by atoms with Crippen molar-refractivity contribution in [1.29, 1.82) is 0 Å². The van der Waals surface area contributed by atoms with Crippen LogP contribution in [0.4, 0.5) is 0 Å². The Hall–Kier alpha value is -1.12. The Bertz CT molecular complexity index is 746. The van der Waals surface area contributed by atoms with Gasteiger partial charge in [0.25, 0.3) is 5.56 Å². The van der Waals surface area contributed by atoms with E-state index in [9.17, 15) is 18.0 Å². The van der Waals surface area contributed by atoms with Gasteiger partial charge in [-0.3, -0.25) is 9.59 Å². The van der Waals surface area contributed by atoms with Gasteiger partial charge in [0.15, 0.2) is 9.84 Å². The van der Waals surface area contributed by atoms with Crippen molar-refractivity contribution < 1.29 is 13.2 Å². The smallest absolute Gasteiger partial charge is 0.287 e. The number of aromatic nitrogens is 2. The minimum Gasteiger partial charge on any atom is -0.348 e. The summed E-state index contributed by atoms with van der Waals surface area (Å²) in [6.45, 7) is 1.30. The van der Waals surface area contributed by atoms with E-state index < -0.39 is 26.8 Å². The molecule has 10 heteroatoms. The van der Waals surface area contributed by atoms with Crippen molar-refractivity contribution in [3.8, 4) is 0 Å². The normalized spacial score (nSPS) is 24.0. The Morgan fingerprint density at radius 3 is 2.76 bits per heavy atom. The van der Waals surface area contributed by atoms with Crippen LogP contribution in [0, 0.1) is 0 Å². The van der Waals surface area contributed by atoms with E-state index in [4.69, 9.17) is 23.2 Å². The Balaban J connectivity index is 2.10. The lowest BCUT2D eigenvalue weighted by Gasteiger charge is -2.23. The molecule has 0 spiro atoms. The number of halogens is 2. The highest BCUT2D eigenvalue weighted by molar-refractivity contribution is 7.91. The summed E-state index contributed by atoms with van der Waals surface area (Å²) >= 11 is 11.3. The monoisotopic (exact) mass is 353 g/mol. The van der Waals surface area contributed by atoms with E-state index in [2.05, 4.69) is 10.4 Å². The number of nitrogens with one attached hydrogen (secondary N) is 1. The predicted octanol–water partition coefficient (Wildman–Crippen LogP) is 0.243. The van der Waals surface area contributed by atoms with Gasteiger partial charge < -0.3 is 5.32 Å².